The van der Waals surface area contributed by atoms with Crippen LogP contribution in [0.5, 0.6) is 0 Å². The first kappa shape index (κ1) is 28.0. The molecule has 0 aromatic rings. The van der Waals surface area contributed by atoms with Gasteiger partial charge in [0, 0.05) is 0 Å². The number of rotatable bonds is 15. The summed E-state index contributed by atoms with van der Waals surface area (Å²) in [4.78, 5) is 26.4. The Kier molecular flexibility index (Phi) is 14.2. The summed E-state index contributed by atoms with van der Waals surface area (Å²) in [7, 11) is 0. The van der Waals surface area contributed by atoms with Crippen LogP contribution in [0.4, 0.5) is 0 Å². The average Bonchev–Trinajstić information content (AvgIpc) is 2.78. The second-order valence-electron chi connectivity index (χ2n) is 9.87. The highest BCUT2D eigenvalue weighted by molar-refractivity contribution is 5.83. The van der Waals surface area contributed by atoms with Crippen LogP contribution in [0.15, 0.2) is 0 Å². The van der Waals surface area contributed by atoms with E-state index in [2.05, 4.69) is 41.5 Å². The number of hydrogen-bond donors (Lipinski definition) is 0. The molecule has 6 unspecified atom stereocenters. The van der Waals surface area contributed by atoms with Gasteiger partial charge in [-0.05, 0) is 49.4 Å². The first-order chi connectivity index (χ1) is 14.9. The first-order valence-electron chi connectivity index (χ1n) is 13.3. The second kappa shape index (κ2) is 15.7. The summed E-state index contributed by atoms with van der Waals surface area (Å²) in [5.41, 5.74) is 0. The molecule has 0 saturated heterocycles. The van der Waals surface area contributed by atoms with Crippen molar-refractivity contribution < 1.29 is 19.1 Å². The molecule has 1 aliphatic carbocycles. The fourth-order valence-electron chi connectivity index (χ4n) is 5.05. The Balaban J connectivity index is 2.83. The first-order valence-corrected chi connectivity index (χ1v) is 13.3. The van der Waals surface area contributed by atoms with Crippen molar-refractivity contribution in [2.75, 3.05) is 13.2 Å². The fourth-order valence-corrected chi connectivity index (χ4v) is 5.05. The normalized spacial score (nSPS) is 25.6. The molecule has 0 aromatic heterocycles. The predicted molar refractivity (Wildman–Crippen MR) is 128 cm³/mol. The SMILES string of the molecule is CCCCC(CC)COC(=O)C1C(C)CCC(CC)C1C(=O)OCC(CC)CCCC. The highest BCUT2D eigenvalue weighted by Gasteiger charge is 2.46. The third-order valence-corrected chi connectivity index (χ3v) is 7.58. The largest absolute Gasteiger partial charge is 0.465 e. The van der Waals surface area contributed by atoms with Gasteiger partial charge in [0.2, 0.25) is 0 Å². The molecule has 0 amide bonds. The van der Waals surface area contributed by atoms with E-state index in [-0.39, 0.29) is 35.6 Å². The molecule has 0 spiro atoms. The summed E-state index contributed by atoms with van der Waals surface area (Å²) in [6.45, 7) is 13.9. The number of carbonyl (C=O) groups excluding carboxylic acids is 2. The Morgan fingerprint density at radius 2 is 1.26 bits per heavy atom. The van der Waals surface area contributed by atoms with Crippen LogP contribution in [0.2, 0.25) is 0 Å². The lowest BCUT2D eigenvalue weighted by Crippen LogP contribution is -2.44. The molecule has 31 heavy (non-hydrogen) atoms. The molecule has 0 N–H and O–H groups in total. The van der Waals surface area contributed by atoms with Gasteiger partial charge in [0.25, 0.3) is 0 Å². The zero-order chi connectivity index (χ0) is 23.2. The molecule has 0 aromatic carbocycles. The van der Waals surface area contributed by atoms with Gasteiger partial charge in [0.1, 0.15) is 0 Å². The number of ether oxygens (including phenoxy) is 2. The Morgan fingerprint density at radius 3 is 1.68 bits per heavy atom. The average molecular weight is 439 g/mol. The van der Waals surface area contributed by atoms with Gasteiger partial charge < -0.3 is 9.47 Å². The van der Waals surface area contributed by atoms with Crippen LogP contribution < -0.4 is 0 Å². The Morgan fingerprint density at radius 1 is 0.774 bits per heavy atom. The summed E-state index contributed by atoms with van der Waals surface area (Å²) in [6.07, 6.45) is 11.8. The van der Waals surface area contributed by atoms with Crippen molar-refractivity contribution in [1.82, 2.24) is 0 Å². The molecule has 0 heterocycles. The maximum Gasteiger partial charge on any atom is 0.310 e. The lowest BCUT2D eigenvalue weighted by molar-refractivity contribution is -0.170. The molecule has 1 fully saturated rings. The van der Waals surface area contributed by atoms with Crippen LogP contribution in [-0.4, -0.2) is 25.2 Å². The lowest BCUT2D eigenvalue weighted by Gasteiger charge is -2.39. The topological polar surface area (TPSA) is 52.6 Å². The number of hydrogen-bond acceptors (Lipinski definition) is 4. The van der Waals surface area contributed by atoms with Crippen molar-refractivity contribution in [3.63, 3.8) is 0 Å². The van der Waals surface area contributed by atoms with Gasteiger partial charge in [-0.3, -0.25) is 9.59 Å². The Labute approximate surface area is 192 Å². The third-order valence-electron chi connectivity index (χ3n) is 7.58. The van der Waals surface area contributed by atoms with E-state index in [0.29, 0.717) is 25.0 Å². The third kappa shape index (κ3) is 9.14. The van der Waals surface area contributed by atoms with Crippen molar-refractivity contribution >= 4 is 11.9 Å². The van der Waals surface area contributed by atoms with E-state index in [1.807, 2.05) is 0 Å². The second-order valence-corrected chi connectivity index (χ2v) is 9.87. The van der Waals surface area contributed by atoms with Crippen LogP contribution in [0.1, 0.15) is 112 Å². The minimum absolute atomic E-state index is 0.158. The van der Waals surface area contributed by atoms with E-state index in [4.69, 9.17) is 9.47 Å². The van der Waals surface area contributed by atoms with E-state index in [1.165, 1.54) is 12.8 Å². The molecular formula is C27H50O4. The van der Waals surface area contributed by atoms with E-state index < -0.39 is 0 Å². The molecule has 4 heteroatoms. The molecule has 0 aliphatic heterocycles. The van der Waals surface area contributed by atoms with Crippen LogP contribution in [0.25, 0.3) is 0 Å². The van der Waals surface area contributed by atoms with Crippen molar-refractivity contribution in [2.45, 2.75) is 112 Å². The van der Waals surface area contributed by atoms with Gasteiger partial charge in [-0.25, -0.2) is 0 Å². The quantitative estimate of drug-likeness (QED) is 0.254. The minimum atomic E-state index is -0.370. The molecule has 0 radical (unpaired) electrons. The number of carbonyl (C=O) groups is 2. The molecule has 6 atom stereocenters. The van der Waals surface area contributed by atoms with Crippen LogP contribution in [-0.2, 0) is 19.1 Å². The van der Waals surface area contributed by atoms with E-state index in [9.17, 15) is 9.59 Å². The smallest absolute Gasteiger partial charge is 0.310 e. The molecule has 1 aliphatic rings. The van der Waals surface area contributed by atoms with Gasteiger partial charge in [-0.2, -0.15) is 0 Å². The fraction of sp³-hybridized carbons (Fsp3) is 0.926. The maximum atomic E-state index is 13.2. The Bertz CT molecular complexity index is 503. The van der Waals surface area contributed by atoms with Crippen LogP contribution in [0.3, 0.4) is 0 Å². The minimum Gasteiger partial charge on any atom is -0.465 e. The van der Waals surface area contributed by atoms with Crippen LogP contribution in [0, 0.1) is 35.5 Å². The highest BCUT2D eigenvalue weighted by Crippen LogP contribution is 2.42. The molecule has 182 valence electrons. The maximum absolute atomic E-state index is 13.2. The zero-order valence-corrected chi connectivity index (χ0v) is 21.3. The predicted octanol–water partition coefficient (Wildman–Crippen LogP) is 7.19. The van der Waals surface area contributed by atoms with Gasteiger partial charge in [0.15, 0.2) is 0 Å². The van der Waals surface area contributed by atoms with E-state index in [0.717, 1.165) is 57.8 Å². The zero-order valence-electron chi connectivity index (χ0n) is 21.3. The van der Waals surface area contributed by atoms with Gasteiger partial charge in [-0.15, -0.1) is 0 Å². The number of unbranched alkanes of at least 4 members (excludes halogenated alkanes) is 2. The van der Waals surface area contributed by atoms with E-state index in [1.54, 1.807) is 0 Å². The van der Waals surface area contributed by atoms with Crippen molar-refractivity contribution in [3.05, 3.63) is 0 Å². The van der Waals surface area contributed by atoms with Crippen molar-refractivity contribution in [2.24, 2.45) is 35.5 Å². The van der Waals surface area contributed by atoms with Crippen LogP contribution >= 0.6 is 0 Å². The highest BCUT2D eigenvalue weighted by atomic mass is 16.5. The number of esters is 2. The summed E-state index contributed by atoms with van der Waals surface area (Å²) >= 11 is 0. The summed E-state index contributed by atoms with van der Waals surface area (Å²) < 4.78 is 11.7. The monoisotopic (exact) mass is 438 g/mol. The van der Waals surface area contributed by atoms with Crippen molar-refractivity contribution in [3.8, 4) is 0 Å². The van der Waals surface area contributed by atoms with Crippen molar-refractivity contribution in [1.29, 1.82) is 0 Å². The van der Waals surface area contributed by atoms with Gasteiger partial charge in [-0.1, -0.05) is 86.5 Å². The molecule has 4 nitrogen and oxygen atoms in total. The summed E-state index contributed by atoms with van der Waals surface area (Å²) in [5, 5.41) is 0. The molecular weight excluding hydrogens is 388 g/mol. The Hall–Kier alpha value is -1.06. The lowest BCUT2D eigenvalue weighted by atomic mass is 9.66. The summed E-state index contributed by atoms with van der Waals surface area (Å²) in [6, 6.07) is 0. The molecule has 1 rings (SSSR count). The standard InChI is InChI=1S/C27H50O4/c1-7-12-14-21(9-3)18-30-26(28)24-20(6)16-17-23(11-5)25(24)27(29)31-19-22(10-4)15-13-8-2/h20-25H,7-19H2,1-6H3. The van der Waals surface area contributed by atoms with E-state index >= 15 is 0 Å². The molecule has 0 bridgehead atoms. The summed E-state index contributed by atoms with van der Waals surface area (Å²) in [5.74, 6) is 0.114. The molecule has 1 saturated carbocycles. The van der Waals surface area contributed by atoms with Gasteiger partial charge >= 0.3 is 11.9 Å². The van der Waals surface area contributed by atoms with Gasteiger partial charge in [0.05, 0.1) is 25.0 Å².